The summed E-state index contributed by atoms with van der Waals surface area (Å²) in [7, 11) is 0. The first-order chi connectivity index (χ1) is 11.1. The van der Waals surface area contributed by atoms with Crippen LogP contribution in [0.1, 0.15) is 16.1 Å². The van der Waals surface area contributed by atoms with Crippen LogP contribution in [0.15, 0.2) is 47.3 Å². The number of hydrogen-bond acceptors (Lipinski definition) is 4. The molecule has 5 nitrogen and oxygen atoms in total. The highest BCUT2D eigenvalue weighted by Crippen LogP contribution is 2.22. The number of benzene rings is 2. The molecule has 0 amide bonds. The second kappa shape index (κ2) is 6.40. The van der Waals surface area contributed by atoms with Crippen LogP contribution in [0, 0.1) is 0 Å². The van der Waals surface area contributed by atoms with Crippen LogP contribution in [0.25, 0.3) is 10.8 Å². The molecule has 0 fully saturated rings. The van der Waals surface area contributed by atoms with Gasteiger partial charge in [0.1, 0.15) is 6.61 Å². The third kappa shape index (κ3) is 3.21. The average Bonchev–Trinajstić information content (AvgIpc) is 2.54. The minimum Gasteiger partial charge on any atom is -0.456 e. The van der Waals surface area contributed by atoms with Crippen molar-refractivity contribution in [1.29, 1.82) is 0 Å². The van der Waals surface area contributed by atoms with E-state index in [2.05, 4.69) is 10.2 Å². The monoisotopic (exact) mass is 348 g/mol. The van der Waals surface area contributed by atoms with Crippen molar-refractivity contribution in [3.05, 3.63) is 74.1 Å². The number of H-pyrrole nitrogens is 1. The lowest BCUT2D eigenvalue weighted by Crippen LogP contribution is -2.16. The molecule has 1 heterocycles. The normalized spacial score (nSPS) is 10.7. The zero-order valence-corrected chi connectivity index (χ0v) is 13.2. The number of nitrogens with one attached hydrogen (secondary N) is 1. The van der Waals surface area contributed by atoms with E-state index in [1.54, 1.807) is 42.5 Å². The molecule has 0 aliphatic carbocycles. The zero-order valence-electron chi connectivity index (χ0n) is 11.7. The Bertz CT molecular complexity index is 953. The first-order valence-corrected chi connectivity index (χ1v) is 7.40. The third-order valence-corrected chi connectivity index (χ3v) is 3.85. The number of rotatable bonds is 3. The highest BCUT2D eigenvalue weighted by atomic mass is 35.5. The van der Waals surface area contributed by atoms with Gasteiger partial charge in [-0.05, 0) is 18.2 Å². The Morgan fingerprint density at radius 3 is 2.61 bits per heavy atom. The van der Waals surface area contributed by atoms with Crippen molar-refractivity contribution in [2.45, 2.75) is 6.61 Å². The van der Waals surface area contributed by atoms with Gasteiger partial charge in [-0.1, -0.05) is 47.5 Å². The fraction of sp³-hybridized carbons (Fsp3) is 0.0625. The molecule has 0 bridgehead atoms. The van der Waals surface area contributed by atoms with E-state index in [1.807, 2.05) is 0 Å². The van der Waals surface area contributed by atoms with Crippen LogP contribution in [0.5, 0.6) is 0 Å². The summed E-state index contributed by atoms with van der Waals surface area (Å²) >= 11 is 11.9. The molecule has 3 rings (SSSR count). The zero-order chi connectivity index (χ0) is 16.4. The molecule has 1 aromatic heterocycles. The Morgan fingerprint density at radius 1 is 1.13 bits per heavy atom. The standard InChI is InChI=1S/C16H10Cl2N2O3/c17-10-6-5-9(13(18)7-10)8-23-16(22)14-11-3-1-2-4-12(11)15(21)20-19-14/h1-7H,8H2,(H,20,21). The number of hydrogen-bond donors (Lipinski definition) is 1. The van der Waals surface area contributed by atoms with Crippen LogP contribution >= 0.6 is 23.2 Å². The molecule has 23 heavy (non-hydrogen) atoms. The number of aromatic nitrogens is 2. The summed E-state index contributed by atoms with van der Waals surface area (Å²) in [5, 5.41) is 7.79. The molecule has 0 saturated heterocycles. The Balaban J connectivity index is 1.87. The minimum atomic E-state index is -0.650. The summed E-state index contributed by atoms with van der Waals surface area (Å²) in [4.78, 5) is 24.0. The molecule has 0 radical (unpaired) electrons. The van der Waals surface area contributed by atoms with E-state index in [1.165, 1.54) is 0 Å². The van der Waals surface area contributed by atoms with Gasteiger partial charge in [0.25, 0.3) is 5.56 Å². The van der Waals surface area contributed by atoms with E-state index >= 15 is 0 Å². The Morgan fingerprint density at radius 2 is 1.87 bits per heavy atom. The van der Waals surface area contributed by atoms with Gasteiger partial charge in [-0.3, -0.25) is 4.79 Å². The molecule has 0 saturated carbocycles. The number of nitrogens with zero attached hydrogens (tertiary/aromatic N) is 1. The van der Waals surface area contributed by atoms with Crippen LogP contribution in [0.4, 0.5) is 0 Å². The van der Waals surface area contributed by atoms with Gasteiger partial charge in [-0.2, -0.15) is 5.10 Å². The lowest BCUT2D eigenvalue weighted by Gasteiger charge is -2.08. The molecular weight excluding hydrogens is 339 g/mol. The fourth-order valence-electron chi connectivity index (χ4n) is 2.12. The number of aromatic amines is 1. The largest absolute Gasteiger partial charge is 0.456 e. The van der Waals surface area contributed by atoms with Gasteiger partial charge in [0.05, 0.1) is 5.39 Å². The van der Waals surface area contributed by atoms with Gasteiger partial charge >= 0.3 is 5.97 Å². The molecule has 0 unspecified atom stereocenters. The van der Waals surface area contributed by atoms with Gasteiger partial charge < -0.3 is 4.74 Å². The number of ether oxygens (including phenoxy) is 1. The van der Waals surface area contributed by atoms with Crippen molar-refractivity contribution in [3.8, 4) is 0 Å². The van der Waals surface area contributed by atoms with Crippen LogP contribution in [0.2, 0.25) is 10.0 Å². The Kier molecular flexibility index (Phi) is 4.32. The smallest absolute Gasteiger partial charge is 0.359 e. The predicted octanol–water partition coefficient (Wildman–Crippen LogP) is 3.59. The summed E-state index contributed by atoms with van der Waals surface area (Å²) in [5.74, 6) is -0.650. The topological polar surface area (TPSA) is 72.0 Å². The van der Waals surface area contributed by atoms with Gasteiger partial charge in [0.15, 0.2) is 5.69 Å². The van der Waals surface area contributed by atoms with Crippen LogP contribution in [-0.2, 0) is 11.3 Å². The maximum absolute atomic E-state index is 12.2. The van der Waals surface area contributed by atoms with E-state index in [9.17, 15) is 9.59 Å². The molecule has 2 aromatic carbocycles. The van der Waals surface area contributed by atoms with Crippen molar-refractivity contribution >= 4 is 39.9 Å². The number of carbonyl (C=O) groups is 1. The summed E-state index contributed by atoms with van der Waals surface area (Å²) in [6.45, 7) is -0.0238. The van der Waals surface area contributed by atoms with Crippen LogP contribution < -0.4 is 5.56 Å². The second-order valence-electron chi connectivity index (χ2n) is 4.76. The predicted molar refractivity (Wildman–Crippen MR) is 87.9 cm³/mol. The minimum absolute atomic E-state index is 0.0238. The van der Waals surface area contributed by atoms with E-state index in [-0.39, 0.29) is 17.9 Å². The number of halogens is 2. The lowest BCUT2D eigenvalue weighted by atomic mass is 10.1. The fourth-order valence-corrected chi connectivity index (χ4v) is 2.58. The molecule has 0 atom stereocenters. The van der Waals surface area contributed by atoms with E-state index < -0.39 is 5.97 Å². The van der Waals surface area contributed by atoms with Crippen molar-refractivity contribution < 1.29 is 9.53 Å². The van der Waals surface area contributed by atoms with Gasteiger partial charge in [0.2, 0.25) is 0 Å². The van der Waals surface area contributed by atoms with Crippen molar-refractivity contribution in [1.82, 2.24) is 10.2 Å². The van der Waals surface area contributed by atoms with E-state index in [4.69, 9.17) is 27.9 Å². The third-order valence-electron chi connectivity index (χ3n) is 3.26. The number of carbonyl (C=O) groups excluding carboxylic acids is 1. The van der Waals surface area contributed by atoms with E-state index in [0.29, 0.717) is 26.4 Å². The van der Waals surface area contributed by atoms with Crippen molar-refractivity contribution in [2.75, 3.05) is 0 Å². The van der Waals surface area contributed by atoms with E-state index in [0.717, 1.165) is 0 Å². The lowest BCUT2D eigenvalue weighted by molar-refractivity contribution is 0.0467. The summed E-state index contributed by atoms with van der Waals surface area (Å²) in [6, 6.07) is 11.6. The summed E-state index contributed by atoms with van der Waals surface area (Å²) < 4.78 is 5.23. The second-order valence-corrected chi connectivity index (χ2v) is 5.60. The number of fused-ring (bicyclic) bond motifs is 1. The van der Waals surface area contributed by atoms with Gasteiger partial charge in [0, 0.05) is 21.0 Å². The first-order valence-electron chi connectivity index (χ1n) is 6.65. The molecular formula is C16H10Cl2N2O3. The molecule has 0 aliphatic heterocycles. The van der Waals surface area contributed by atoms with Crippen LogP contribution in [0.3, 0.4) is 0 Å². The van der Waals surface area contributed by atoms with Crippen LogP contribution in [-0.4, -0.2) is 16.2 Å². The van der Waals surface area contributed by atoms with Crippen molar-refractivity contribution in [2.24, 2.45) is 0 Å². The summed E-state index contributed by atoms with van der Waals surface area (Å²) in [6.07, 6.45) is 0. The summed E-state index contributed by atoms with van der Waals surface area (Å²) in [5.41, 5.74) is 0.307. The number of esters is 1. The molecule has 7 heteroatoms. The molecule has 1 N–H and O–H groups in total. The van der Waals surface area contributed by atoms with Gasteiger partial charge in [-0.25, -0.2) is 9.89 Å². The SMILES string of the molecule is O=C(OCc1ccc(Cl)cc1Cl)c1n[nH]c(=O)c2ccccc12. The molecule has 116 valence electrons. The first kappa shape index (κ1) is 15.5. The highest BCUT2D eigenvalue weighted by molar-refractivity contribution is 6.35. The molecule has 0 aliphatic rings. The maximum Gasteiger partial charge on any atom is 0.359 e. The highest BCUT2D eigenvalue weighted by Gasteiger charge is 2.16. The Hall–Kier alpha value is -2.37. The average molecular weight is 349 g/mol. The molecule has 3 aromatic rings. The quantitative estimate of drug-likeness (QED) is 0.734. The van der Waals surface area contributed by atoms with Gasteiger partial charge in [-0.15, -0.1) is 0 Å². The molecule has 0 spiro atoms. The Labute approximate surface area is 140 Å². The maximum atomic E-state index is 12.2. The van der Waals surface area contributed by atoms with Crippen molar-refractivity contribution in [3.63, 3.8) is 0 Å².